The Morgan fingerprint density at radius 2 is 1.96 bits per heavy atom. The van der Waals surface area contributed by atoms with E-state index < -0.39 is 5.41 Å². The summed E-state index contributed by atoms with van der Waals surface area (Å²) in [5, 5.41) is 12.4. The highest BCUT2D eigenvalue weighted by Gasteiger charge is 2.41. The molecule has 4 heteroatoms. The van der Waals surface area contributed by atoms with Gasteiger partial charge in [0.25, 0.3) is 0 Å². The van der Waals surface area contributed by atoms with Gasteiger partial charge in [-0.3, -0.25) is 9.69 Å². The number of nitrogens with one attached hydrogen (secondary N) is 1. The standard InChI is InChI=1S/C21H29N3O/c1-17-7-11-24(12-8-17)15-19-6-4-5-18(13-19)14-23-20(25)21(16-22)9-2-3-10-21/h4-6,13,17H,2-3,7-12,14-15H2,1H3,(H,23,25). The Balaban J connectivity index is 1.55. The van der Waals surface area contributed by atoms with Crippen molar-refractivity contribution in [3.63, 3.8) is 0 Å². The van der Waals surface area contributed by atoms with Gasteiger partial charge in [0.05, 0.1) is 6.07 Å². The van der Waals surface area contributed by atoms with Crippen molar-refractivity contribution in [1.82, 2.24) is 10.2 Å². The Morgan fingerprint density at radius 1 is 1.28 bits per heavy atom. The predicted molar refractivity (Wildman–Crippen MR) is 98.5 cm³/mol. The van der Waals surface area contributed by atoms with Crippen LogP contribution in [-0.4, -0.2) is 23.9 Å². The first-order valence-corrected chi connectivity index (χ1v) is 9.61. The molecule has 0 aromatic heterocycles. The monoisotopic (exact) mass is 339 g/mol. The van der Waals surface area contributed by atoms with Crippen molar-refractivity contribution in [2.45, 2.75) is 58.5 Å². The molecule has 25 heavy (non-hydrogen) atoms. The van der Waals surface area contributed by atoms with Gasteiger partial charge in [-0.2, -0.15) is 5.26 Å². The zero-order valence-electron chi connectivity index (χ0n) is 15.3. The summed E-state index contributed by atoms with van der Waals surface area (Å²) in [4.78, 5) is 15.0. The molecule has 0 atom stereocenters. The summed E-state index contributed by atoms with van der Waals surface area (Å²) < 4.78 is 0. The third kappa shape index (κ3) is 4.41. The zero-order valence-corrected chi connectivity index (χ0v) is 15.3. The highest BCUT2D eigenvalue weighted by atomic mass is 16.2. The minimum atomic E-state index is -0.790. The Labute approximate surface area is 151 Å². The number of hydrogen-bond acceptors (Lipinski definition) is 3. The number of carbonyl (C=O) groups is 1. The molecule has 0 unspecified atom stereocenters. The van der Waals surface area contributed by atoms with Gasteiger partial charge < -0.3 is 5.32 Å². The highest BCUT2D eigenvalue weighted by molar-refractivity contribution is 5.85. The molecule has 0 spiro atoms. The molecule has 1 heterocycles. The fourth-order valence-corrected chi connectivity index (χ4v) is 4.04. The lowest BCUT2D eigenvalue weighted by Gasteiger charge is -2.30. The summed E-state index contributed by atoms with van der Waals surface area (Å²) in [5.74, 6) is 0.753. The first-order chi connectivity index (χ1) is 12.1. The van der Waals surface area contributed by atoms with Gasteiger partial charge in [-0.25, -0.2) is 0 Å². The summed E-state index contributed by atoms with van der Waals surface area (Å²) in [6.45, 7) is 6.17. The van der Waals surface area contributed by atoms with Crippen LogP contribution >= 0.6 is 0 Å². The van der Waals surface area contributed by atoms with Gasteiger partial charge in [0, 0.05) is 13.1 Å². The van der Waals surface area contributed by atoms with E-state index in [0.717, 1.165) is 30.9 Å². The molecule has 1 aromatic carbocycles. The molecular formula is C21H29N3O. The van der Waals surface area contributed by atoms with Gasteiger partial charge in [-0.15, -0.1) is 0 Å². The summed E-state index contributed by atoms with van der Waals surface area (Å²) in [7, 11) is 0. The van der Waals surface area contributed by atoms with Crippen molar-refractivity contribution in [2.75, 3.05) is 13.1 Å². The molecule has 1 N–H and O–H groups in total. The van der Waals surface area contributed by atoms with Crippen LogP contribution in [0.15, 0.2) is 24.3 Å². The number of benzene rings is 1. The van der Waals surface area contributed by atoms with E-state index in [1.54, 1.807) is 0 Å². The molecule has 0 bridgehead atoms. The van der Waals surface area contributed by atoms with Crippen molar-refractivity contribution in [2.24, 2.45) is 11.3 Å². The molecule has 0 radical (unpaired) electrons. The van der Waals surface area contributed by atoms with Gasteiger partial charge in [0.1, 0.15) is 5.41 Å². The van der Waals surface area contributed by atoms with Crippen LogP contribution in [0, 0.1) is 22.7 Å². The van der Waals surface area contributed by atoms with Crippen LogP contribution < -0.4 is 5.32 Å². The number of nitrogens with zero attached hydrogens (tertiary/aromatic N) is 2. The first kappa shape index (κ1) is 17.9. The number of rotatable bonds is 5. The number of nitriles is 1. The van der Waals surface area contributed by atoms with E-state index in [4.69, 9.17) is 0 Å². The summed E-state index contributed by atoms with van der Waals surface area (Å²) >= 11 is 0. The van der Waals surface area contributed by atoms with Crippen molar-refractivity contribution < 1.29 is 4.79 Å². The van der Waals surface area contributed by atoms with Gasteiger partial charge in [0.2, 0.25) is 5.91 Å². The number of carbonyl (C=O) groups excluding carboxylic acids is 1. The topological polar surface area (TPSA) is 56.1 Å². The lowest BCUT2D eigenvalue weighted by atomic mass is 9.87. The second-order valence-electron chi connectivity index (χ2n) is 7.86. The molecule has 2 fully saturated rings. The van der Waals surface area contributed by atoms with Gasteiger partial charge in [-0.05, 0) is 55.8 Å². The summed E-state index contributed by atoms with van der Waals surface area (Å²) in [5.41, 5.74) is 1.63. The Hall–Kier alpha value is -1.86. The van der Waals surface area contributed by atoms with Gasteiger partial charge >= 0.3 is 0 Å². The minimum Gasteiger partial charge on any atom is -0.351 e. The second kappa shape index (κ2) is 8.01. The predicted octanol–water partition coefficient (Wildman–Crippen LogP) is 3.62. The number of amides is 1. The number of likely N-dealkylation sites (tertiary alicyclic amines) is 1. The zero-order chi connectivity index (χ0) is 17.7. The Bertz CT molecular complexity index is 635. The van der Waals surface area contributed by atoms with Crippen molar-refractivity contribution in [3.8, 4) is 6.07 Å². The van der Waals surface area contributed by atoms with Crippen molar-refractivity contribution in [3.05, 3.63) is 35.4 Å². The fourth-order valence-electron chi connectivity index (χ4n) is 4.04. The third-order valence-corrected chi connectivity index (χ3v) is 5.83. The maximum Gasteiger partial charge on any atom is 0.240 e. The van der Waals surface area contributed by atoms with Crippen molar-refractivity contribution in [1.29, 1.82) is 5.26 Å². The summed E-state index contributed by atoms with van der Waals surface area (Å²) in [6.07, 6.45) is 5.92. The SMILES string of the molecule is CC1CCN(Cc2cccc(CNC(=O)C3(C#N)CCCC3)c2)CC1. The van der Waals surface area contributed by atoms with E-state index in [1.165, 1.54) is 31.5 Å². The molecule has 4 nitrogen and oxygen atoms in total. The number of piperidine rings is 1. The van der Waals surface area contributed by atoms with Crippen LogP contribution in [0.1, 0.15) is 56.6 Å². The number of hydrogen-bond donors (Lipinski definition) is 1. The second-order valence-corrected chi connectivity index (χ2v) is 7.86. The maximum absolute atomic E-state index is 12.5. The molecule has 2 aliphatic rings. The lowest BCUT2D eigenvalue weighted by molar-refractivity contribution is -0.128. The summed E-state index contributed by atoms with van der Waals surface area (Å²) in [6, 6.07) is 10.7. The van der Waals surface area contributed by atoms with E-state index in [1.807, 2.05) is 0 Å². The normalized spacial score (nSPS) is 21.0. The van der Waals surface area contributed by atoms with E-state index in [2.05, 4.69) is 47.5 Å². The Morgan fingerprint density at radius 3 is 2.64 bits per heavy atom. The smallest absolute Gasteiger partial charge is 0.240 e. The maximum atomic E-state index is 12.5. The van der Waals surface area contributed by atoms with Gasteiger partial charge in [0.15, 0.2) is 0 Å². The third-order valence-electron chi connectivity index (χ3n) is 5.83. The molecule has 1 aliphatic heterocycles. The molecule has 1 aliphatic carbocycles. The molecule has 3 rings (SSSR count). The molecule has 1 saturated carbocycles. The van der Waals surface area contributed by atoms with E-state index >= 15 is 0 Å². The van der Waals surface area contributed by atoms with Crippen molar-refractivity contribution >= 4 is 5.91 Å². The quantitative estimate of drug-likeness (QED) is 0.891. The average molecular weight is 339 g/mol. The van der Waals surface area contributed by atoms with Crippen LogP contribution in [-0.2, 0) is 17.9 Å². The largest absolute Gasteiger partial charge is 0.351 e. The molecule has 1 saturated heterocycles. The van der Waals surface area contributed by atoms with Gasteiger partial charge in [-0.1, -0.05) is 44.0 Å². The van der Waals surface area contributed by atoms with Crippen LogP contribution in [0.3, 0.4) is 0 Å². The minimum absolute atomic E-state index is 0.0945. The van der Waals surface area contributed by atoms with E-state index in [-0.39, 0.29) is 5.91 Å². The van der Waals surface area contributed by atoms with E-state index in [0.29, 0.717) is 19.4 Å². The van der Waals surface area contributed by atoms with Crippen LogP contribution in [0.25, 0.3) is 0 Å². The first-order valence-electron chi connectivity index (χ1n) is 9.61. The fraction of sp³-hybridized carbons (Fsp3) is 0.619. The van der Waals surface area contributed by atoms with Crippen LogP contribution in [0.4, 0.5) is 0 Å². The Kier molecular flexibility index (Phi) is 5.75. The lowest BCUT2D eigenvalue weighted by Crippen LogP contribution is -2.37. The molecule has 134 valence electrons. The average Bonchev–Trinajstić information content (AvgIpc) is 3.12. The molecule has 1 amide bonds. The molecular weight excluding hydrogens is 310 g/mol. The van der Waals surface area contributed by atoms with E-state index in [9.17, 15) is 10.1 Å². The highest BCUT2D eigenvalue weighted by Crippen LogP contribution is 2.37. The van der Waals surface area contributed by atoms with Crippen LogP contribution in [0.2, 0.25) is 0 Å². The van der Waals surface area contributed by atoms with Crippen LogP contribution in [0.5, 0.6) is 0 Å². The molecule has 1 aromatic rings.